The molecule has 0 aromatic rings. The Morgan fingerprint density at radius 1 is 1.78 bits per heavy atom. The molecule has 0 saturated carbocycles. The molecular formula is C4H12N4O. The van der Waals surface area contributed by atoms with E-state index in [1.54, 1.807) is 6.92 Å². The zero-order valence-electron chi connectivity index (χ0n) is 5.42. The van der Waals surface area contributed by atoms with Gasteiger partial charge < -0.3 is 0 Å². The zero-order chi connectivity index (χ0) is 7.28. The molecule has 54 valence electrons. The normalized spacial score (nSPS) is 9.22. The number of rotatable bonds is 3. The van der Waals surface area contributed by atoms with Crippen molar-refractivity contribution in [2.75, 3.05) is 13.1 Å². The van der Waals surface area contributed by atoms with E-state index in [4.69, 9.17) is 11.7 Å². The van der Waals surface area contributed by atoms with Gasteiger partial charge in [0.15, 0.2) is 0 Å². The van der Waals surface area contributed by atoms with Gasteiger partial charge in [-0.3, -0.25) is 21.1 Å². The number of hydrogen-bond donors (Lipinski definition) is 3. The average molecular weight is 132 g/mol. The Hall–Kier alpha value is -0.650. The number of carbonyl (C=O) groups is 1. The highest BCUT2D eigenvalue weighted by Crippen LogP contribution is 1.74. The minimum atomic E-state index is -0.208. The van der Waals surface area contributed by atoms with Crippen LogP contribution in [0.1, 0.15) is 6.92 Å². The summed E-state index contributed by atoms with van der Waals surface area (Å²) in [5.41, 5.74) is 2.21. The number of nitrogens with two attached hydrogens (primary N) is 2. The van der Waals surface area contributed by atoms with Crippen LogP contribution in [0.2, 0.25) is 0 Å². The van der Waals surface area contributed by atoms with Crippen molar-refractivity contribution < 1.29 is 4.79 Å². The third-order valence-corrected chi connectivity index (χ3v) is 0.914. The molecular weight excluding hydrogens is 120 g/mol. The highest BCUT2D eigenvalue weighted by Gasteiger charge is 2.03. The second-order valence-corrected chi connectivity index (χ2v) is 1.56. The summed E-state index contributed by atoms with van der Waals surface area (Å²) < 4.78 is 0. The fourth-order valence-corrected chi connectivity index (χ4v) is 0.365. The van der Waals surface area contributed by atoms with E-state index in [-0.39, 0.29) is 12.5 Å². The summed E-state index contributed by atoms with van der Waals surface area (Å²) in [5.74, 6) is 9.85. The van der Waals surface area contributed by atoms with E-state index >= 15 is 0 Å². The van der Waals surface area contributed by atoms with Gasteiger partial charge in [0, 0.05) is 6.54 Å². The fraction of sp³-hybridized carbons (Fsp3) is 0.750. The van der Waals surface area contributed by atoms with E-state index in [0.717, 1.165) is 5.01 Å². The number of hydrogen-bond acceptors (Lipinski definition) is 4. The van der Waals surface area contributed by atoms with Gasteiger partial charge in [-0.25, -0.2) is 5.84 Å². The van der Waals surface area contributed by atoms with E-state index < -0.39 is 0 Å². The molecule has 0 aliphatic heterocycles. The molecule has 0 aromatic carbocycles. The molecule has 5 nitrogen and oxygen atoms in total. The monoisotopic (exact) mass is 132 g/mol. The first-order valence-corrected chi connectivity index (χ1v) is 2.71. The van der Waals surface area contributed by atoms with Gasteiger partial charge in [0.05, 0.1) is 6.54 Å². The zero-order valence-corrected chi connectivity index (χ0v) is 5.42. The molecule has 5 N–H and O–H groups in total. The summed E-state index contributed by atoms with van der Waals surface area (Å²) in [6, 6.07) is 0. The lowest BCUT2D eigenvalue weighted by atomic mass is 10.5. The molecule has 0 aliphatic rings. The molecule has 5 heteroatoms. The summed E-state index contributed by atoms with van der Waals surface area (Å²) in [5, 5.41) is 1.10. The van der Waals surface area contributed by atoms with Gasteiger partial charge >= 0.3 is 0 Å². The largest absolute Gasteiger partial charge is 0.280 e. The van der Waals surface area contributed by atoms with Crippen molar-refractivity contribution in [2.45, 2.75) is 6.92 Å². The minimum Gasteiger partial charge on any atom is -0.280 e. The molecule has 9 heavy (non-hydrogen) atoms. The predicted molar refractivity (Wildman–Crippen MR) is 33.8 cm³/mol. The van der Waals surface area contributed by atoms with Crippen LogP contribution >= 0.6 is 0 Å². The van der Waals surface area contributed by atoms with Crippen LogP contribution in [0.4, 0.5) is 0 Å². The number of carbonyl (C=O) groups excluding carboxylic acids is 1. The van der Waals surface area contributed by atoms with Crippen molar-refractivity contribution >= 4 is 5.91 Å². The lowest BCUT2D eigenvalue weighted by molar-refractivity contribution is -0.130. The standard InChI is InChI=1S/C4H12N4O/c1-2-8(6)4(9)3-7-5/h7H,2-3,5-6H2,1H3. The Morgan fingerprint density at radius 2 is 2.33 bits per heavy atom. The van der Waals surface area contributed by atoms with Crippen molar-refractivity contribution in [3.05, 3.63) is 0 Å². The molecule has 0 unspecified atom stereocenters. The molecule has 0 fully saturated rings. The van der Waals surface area contributed by atoms with E-state index in [1.165, 1.54) is 0 Å². The maximum atomic E-state index is 10.6. The number of nitrogens with one attached hydrogen (secondary N) is 1. The Kier molecular flexibility index (Phi) is 3.94. The van der Waals surface area contributed by atoms with Crippen LogP contribution in [-0.4, -0.2) is 24.0 Å². The molecule has 0 aromatic heterocycles. The lowest BCUT2D eigenvalue weighted by Gasteiger charge is -2.12. The van der Waals surface area contributed by atoms with Crippen molar-refractivity contribution in [1.82, 2.24) is 10.4 Å². The van der Waals surface area contributed by atoms with Gasteiger partial charge in [0.1, 0.15) is 0 Å². The van der Waals surface area contributed by atoms with Crippen LogP contribution in [0.5, 0.6) is 0 Å². The van der Waals surface area contributed by atoms with E-state index in [9.17, 15) is 4.79 Å². The molecule has 0 spiro atoms. The van der Waals surface area contributed by atoms with E-state index in [0.29, 0.717) is 6.54 Å². The third-order valence-electron chi connectivity index (χ3n) is 0.914. The van der Waals surface area contributed by atoms with Crippen LogP contribution in [0.3, 0.4) is 0 Å². The maximum absolute atomic E-state index is 10.6. The molecule has 0 rings (SSSR count). The van der Waals surface area contributed by atoms with Crippen molar-refractivity contribution in [3.63, 3.8) is 0 Å². The van der Waals surface area contributed by atoms with Gasteiger partial charge in [0.25, 0.3) is 5.91 Å². The number of amides is 1. The Morgan fingerprint density at radius 3 is 2.67 bits per heavy atom. The van der Waals surface area contributed by atoms with Gasteiger partial charge in [-0.15, -0.1) is 0 Å². The molecule has 0 atom stereocenters. The molecule has 0 saturated heterocycles. The molecule has 0 heterocycles. The summed E-state index contributed by atoms with van der Waals surface area (Å²) >= 11 is 0. The van der Waals surface area contributed by atoms with E-state index in [2.05, 4.69) is 5.43 Å². The predicted octanol–water partition coefficient (Wildman–Crippen LogP) is -1.83. The lowest BCUT2D eigenvalue weighted by Crippen LogP contribution is -2.44. The first-order chi connectivity index (χ1) is 4.22. The van der Waals surface area contributed by atoms with Gasteiger partial charge in [-0.2, -0.15) is 0 Å². The summed E-state index contributed by atoms with van der Waals surface area (Å²) in [4.78, 5) is 10.6. The smallest absolute Gasteiger partial charge is 0.251 e. The second-order valence-electron chi connectivity index (χ2n) is 1.56. The highest BCUT2D eigenvalue weighted by atomic mass is 16.2. The van der Waals surface area contributed by atoms with Crippen LogP contribution < -0.4 is 17.1 Å². The minimum absolute atomic E-state index is 0.0876. The topological polar surface area (TPSA) is 84.4 Å². The number of hydrazine groups is 2. The molecule has 1 amide bonds. The molecule has 0 aliphatic carbocycles. The van der Waals surface area contributed by atoms with Gasteiger partial charge in [-0.05, 0) is 6.92 Å². The van der Waals surface area contributed by atoms with Gasteiger partial charge in [0.2, 0.25) is 0 Å². The van der Waals surface area contributed by atoms with Crippen LogP contribution in [-0.2, 0) is 4.79 Å². The van der Waals surface area contributed by atoms with Crippen molar-refractivity contribution in [1.29, 1.82) is 0 Å². The quantitative estimate of drug-likeness (QED) is 0.239. The Bertz CT molecular complexity index is 94.6. The second kappa shape index (κ2) is 4.25. The van der Waals surface area contributed by atoms with Crippen LogP contribution in [0.25, 0.3) is 0 Å². The number of likely N-dealkylation sites (N-methyl/N-ethyl adjacent to an activating group) is 1. The highest BCUT2D eigenvalue weighted by molar-refractivity contribution is 5.77. The average Bonchev–Trinajstić information content (AvgIpc) is 1.87. The van der Waals surface area contributed by atoms with Crippen molar-refractivity contribution in [3.8, 4) is 0 Å². The summed E-state index contributed by atoms with van der Waals surface area (Å²) in [7, 11) is 0. The first-order valence-electron chi connectivity index (χ1n) is 2.71. The van der Waals surface area contributed by atoms with Crippen LogP contribution in [0.15, 0.2) is 0 Å². The molecule has 0 radical (unpaired) electrons. The van der Waals surface area contributed by atoms with E-state index in [1.807, 2.05) is 0 Å². The SMILES string of the molecule is CCN(N)C(=O)CNN. The number of nitrogens with zero attached hydrogens (tertiary/aromatic N) is 1. The van der Waals surface area contributed by atoms with Crippen molar-refractivity contribution in [2.24, 2.45) is 11.7 Å². The third kappa shape index (κ3) is 3.02. The first kappa shape index (κ1) is 8.35. The Labute approximate surface area is 53.9 Å². The Balaban J connectivity index is 3.46. The summed E-state index contributed by atoms with van der Waals surface area (Å²) in [6.45, 7) is 2.37. The van der Waals surface area contributed by atoms with Gasteiger partial charge in [-0.1, -0.05) is 0 Å². The fourth-order valence-electron chi connectivity index (χ4n) is 0.365. The summed E-state index contributed by atoms with van der Waals surface area (Å²) in [6.07, 6.45) is 0. The maximum Gasteiger partial charge on any atom is 0.251 e. The molecule has 0 bridgehead atoms. The van der Waals surface area contributed by atoms with Crippen LogP contribution in [0, 0.1) is 0 Å².